The molecule has 1 saturated carbocycles. The molecule has 5 nitrogen and oxygen atoms in total. The van der Waals surface area contributed by atoms with Crippen LogP contribution in [-0.2, 0) is 23.9 Å². The minimum Gasteiger partial charge on any atom is -0.348 e. The Morgan fingerprint density at radius 2 is 1.77 bits per heavy atom. The van der Waals surface area contributed by atoms with E-state index in [0.29, 0.717) is 32.3 Å². The molecular formula is C17H26O5. The summed E-state index contributed by atoms with van der Waals surface area (Å²) >= 11 is 0. The van der Waals surface area contributed by atoms with Crippen molar-refractivity contribution < 1.29 is 23.9 Å². The third-order valence-electron chi connectivity index (χ3n) is 4.67. The van der Waals surface area contributed by atoms with Gasteiger partial charge in [0.1, 0.15) is 17.3 Å². The second-order valence-electron chi connectivity index (χ2n) is 6.99. The summed E-state index contributed by atoms with van der Waals surface area (Å²) in [5.74, 6) is -0.717. The second-order valence-corrected chi connectivity index (χ2v) is 6.99. The highest BCUT2D eigenvalue weighted by Crippen LogP contribution is 2.40. The topological polar surface area (TPSA) is 69.7 Å². The Labute approximate surface area is 131 Å². The molecule has 0 unspecified atom stereocenters. The molecular weight excluding hydrogens is 284 g/mol. The van der Waals surface area contributed by atoms with Gasteiger partial charge in [-0.2, -0.15) is 0 Å². The minimum atomic E-state index is -1.06. The molecule has 1 saturated heterocycles. The predicted molar refractivity (Wildman–Crippen MR) is 80.4 cm³/mol. The summed E-state index contributed by atoms with van der Waals surface area (Å²) in [6.45, 7) is 5.53. The van der Waals surface area contributed by atoms with Gasteiger partial charge >= 0.3 is 0 Å². The van der Waals surface area contributed by atoms with E-state index in [1.54, 1.807) is 0 Å². The lowest BCUT2D eigenvalue weighted by Gasteiger charge is -2.32. The van der Waals surface area contributed by atoms with Crippen molar-refractivity contribution in [3.05, 3.63) is 0 Å². The van der Waals surface area contributed by atoms with E-state index in [2.05, 4.69) is 0 Å². The Kier molecular flexibility index (Phi) is 5.17. The van der Waals surface area contributed by atoms with E-state index >= 15 is 0 Å². The van der Waals surface area contributed by atoms with Gasteiger partial charge in [0.2, 0.25) is 0 Å². The minimum absolute atomic E-state index is 0.00754. The van der Waals surface area contributed by atoms with Crippen molar-refractivity contribution in [2.75, 3.05) is 6.61 Å². The maximum Gasteiger partial charge on any atom is 0.163 e. The molecule has 2 aliphatic rings. The molecule has 124 valence electrons. The standard InChI is InChI=1S/C17H26O5/c1-12(18)8-9-17(10-13-11-21-16(2,3)22-13)14(19)6-4-5-7-15(17)20/h13H,4-11H2,1-3H3/t13-/m0/s1. The van der Waals surface area contributed by atoms with Crippen LogP contribution in [-0.4, -0.2) is 35.8 Å². The first-order valence-corrected chi connectivity index (χ1v) is 8.13. The van der Waals surface area contributed by atoms with Gasteiger partial charge < -0.3 is 14.3 Å². The maximum absolute atomic E-state index is 12.7. The zero-order valence-corrected chi connectivity index (χ0v) is 13.8. The number of ketones is 3. The zero-order chi connectivity index (χ0) is 16.4. The van der Waals surface area contributed by atoms with Crippen LogP contribution in [0.2, 0.25) is 0 Å². The molecule has 0 aromatic rings. The van der Waals surface area contributed by atoms with Crippen LogP contribution in [0.25, 0.3) is 0 Å². The van der Waals surface area contributed by atoms with Crippen LogP contribution in [0.1, 0.15) is 65.7 Å². The van der Waals surface area contributed by atoms with E-state index in [1.165, 1.54) is 6.92 Å². The normalized spacial score (nSPS) is 27.7. The van der Waals surface area contributed by atoms with E-state index in [4.69, 9.17) is 9.47 Å². The molecule has 1 atom stereocenters. The third-order valence-corrected chi connectivity index (χ3v) is 4.67. The molecule has 2 fully saturated rings. The number of ether oxygens (including phenoxy) is 2. The molecule has 0 radical (unpaired) electrons. The van der Waals surface area contributed by atoms with E-state index in [1.807, 2.05) is 13.8 Å². The highest BCUT2D eigenvalue weighted by Gasteiger charge is 2.48. The Morgan fingerprint density at radius 3 is 2.23 bits per heavy atom. The number of hydrogen-bond donors (Lipinski definition) is 0. The Bertz CT molecular complexity index is 448. The molecule has 22 heavy (non-hydrogen) atoms. The number of hydrogen-bond acceptors (Lipinski definition) is 5. The van der Waals surface area contributed by atoms with Crippen molar-refractivity contribution >= 4 is 17.3 Å². The fourth-order valence-corrected chi connectivity index (χ4v) is 3.46. The smallest absolute Gasteiger partial charge is 0.163 e. The average molecular weight is 310 g/mol. The third kappa shape index (κ3) is 3.82. The van der Waals surface area contributed by atoms with E-state index in [-0.39, 0.29) is 29.9 Å². The molecule has 1 aliphatic carbocycles. The summed E-state index contributed by atoms with van der Waals surface area (Å²) in [6.07, 6.45) is 2.96. The molecule has 1 aliphatic heterocycles. The molecule has 0 amide bonds. The summed E-state index contributed by atoms with van der Waals surface area (Å²) in [6, 6.07) is 0. The SMILES string of the molecule is CC(=O)CCC1(C[C@H]2COC(C)(C)O2)C(=O)CCCCC1=O. The van der Waals surface area contributed by atoms with Crippen molar-refractivity contribution in [1.29, 1.82) is 0 Å². The first kappa shape index (κ1) is 17.3. The van der Waals surface area contributed by atoms with Gasteiger partial charge in [0.05, 0.1) is 18.1 Å². The highest BCUT2D eigenvalue weighted by molar-refractivity contribution is 6.07. The van der Waals surface area contributed by atoms with Crippen molar-refractivity contribution in [2.24, 2.45) is 5.41 Å². The number of Topliss-reactive ketones (excluding diaryl/α,β-unsaturated/α-hetero) is 3. The lowest BCUT2D eigenvalue weighted by molar-refractivity contribution is -0.153. The summed E-state index contributed by atoms with van der Waals surface area (Å²) in [4.78, 5) is 36.7. The van der Waals surface area contributed by atoms with Crippen molar-refractivity contribution in [3.8, 4) is 0 Å². The monoisotopic (exact) mass is 310 g/mol. The fraction of sp³-hybridized carbons (Fsp3) is 0.824. The largest absolute Gasteiger partial charge is 0.348 e. The van der Waals surface area contributed by atoms with Gasteiger partial charge in [0.25, 0.3) is 0 Å². The van der Waals surface area contributed by atoms with Crippen LogP contribution in [0.5, 0.6) is 0 Å². The van der Waals surface area contributed by atoms with Crippen LogP contribution in [0.15, 0.2) is 0 Å². The van der Waals surface area contributed by atoms with Crippen LogP contribution in [0.3, 0.4) is 0 Å². The van der Waals surface area contributed by atoms with E-state index in [9.17, 15) is 14.4 Å². The Hall–Kier alpha value is -1.07. The van der Waals surface area contributed by atoms with E-state index < -0.39 is 11.2 Å². The molecule has 0 aromatic heterocycles. The van der Waals surface area contributed by atoms with Gasteiger partial charge in [0, 0.05) is 19.3 Å². The lowest BCUT2D eigenvalue weighted by Crippen LogP contribution is -2.42. The number of rotatable bonds is 5. The molecule has 2 rings (SSSR count). The number of carbonyl (C=O) groups excluding carboxylic acids is 3. The molecule has 0 aromatic carbocycles. The molecule has 0 N–H and O–H groups in total. The van der Waals surface area contributed by atoms with Gasteiger partial charge in [-0.05, 0) is 46.5 Å². The lowest BCUT2D eigenvalue weighted by atomic mass is 9.70. The van der Waals surface area contributed by atoms with Crippen molar-refractivity contribution in [1.82, 2.24) is 0 Å². The van der Waals surface area contributed by atoms with Gasteiger partial charge in [-0.3, -0.25) is 9.59 Å². The van der Waals surface area contributed by atoms with Crippen LogP contribution >= 0.6 is 0 Å². The molecule has 1 heterocycles. The zero-order valence-electron chi connectivity index (χ0n) is 13.8. The second kappa shape index (κ2) is 6.59. The Morgan fingerprint density at radius 1 is 1.18 bits per heavy atom. The molecule has 0 spiro atoms. The average Bonchev–Trinajstić information content (AvgIpc) is 2.70. The van der Waals surface area contributed by atoms with Crippen molar-refractivity contribution in [3.63, 3.8) is 0 Å². The van der Waals surface area contributed by atoms with Crippen LogP contribution in [0, 0.1) is 5.41 Å². The van der Waals surface area contributed by atoms with Gasteiger partial charge in [-0.1, -0.05) is 0 Å². The predicted octanol–water partition coefficient (Wildman–Crippen LogP) is 2.60. The summed E-state index contributed by atoms with van der Waals surface area (Å²) in [7, 11) is 0. The van der Waals surface area contributed by atoms with Crippen molar-refractivity contribution in [2.45, 2.75) is 77.6 Å². The van der Waals surface area contributed by atoms with Crippen LogP contribution < -0.4 is 0 Å². The molecule has 0 bridgehead atoms. The fourth-order valence-electron chi connectivity index (χ4n) is 3.46. The highest BCUT2D eigenvalue weighted by atomic mass is 16.7. The summed E-state index contributed by atoms with van der Waals surface area (Å²) in [5, 5.41) is 0. The first-order chi connectivity index (χ1) is 10.3. The van der Waals surface area contributed by atoms with Gasteiger partial charge in [-0.15, -0.1) is 0 Å². The summed E-state index contributed by atoms with van der Waals surface area (Å²) in [5.41, 5.74) is -1.06. The summed E-state index contributed by atoms with van der Waals surface area (Å²) < 4.78 is 11.4. The van der Waals surface area contributed by atoms with Crippen LogP contribution in [0.4, 0.5) is 0 Å². The Balaban J connectivity index is 2.22. The van der Waals surface area contributed by atoms with E-state index in [0.717, 1.165) is 12.8 Å². The quantitative estimate of drug-likeness (QED) is 0.576. The van der Waals surface area contributed by atoms with Gasteiger partial charge in [-0.25, -0.2) is 0 Å². The number of carbonyl (C=O) groups is 3. The molecule has 5 heteroatoms. The first-order valence-electron chi connectivity index (χ1n) is 8.13. The maximum atomic E-state index is 12.7. The van der Waals surface area contributed by atoms with Gasteiger partial charge in [0.15, 0.2) is 5.79 Å².